The maximum atomic E-state index is 10.7. The van der Waals surface area contributed by atoms with Crippen molar-refractivity contribution in [2.24, 2.45) is 28.7 Å². The Morgan fingerprint density at radius 2 is 1.36 bits per heavy atom. The van der Waals surface area contributed by atoms with Gasteiger partial charge in [-0.25, -0.2) is 0 Å². The summed E-state index contributed by atoms with van der Waals surface area (Å²) in [6, 6.07) is 0. The van der Waals surface area contributed by atoms with Crippen molar-refractivity contribution in [3.8, 4) is 0 Å². The molecule has 0 aromatic rings. The van der Waals surface area contributed by atoms with Gasteiger partial charge in [0.2, 0.25) is 11.8 Å². The van der Waals surface area contributed by atoms with E-state index in [1.54, 1.807) is 0 Å². The largest absolute Gasteiger partial charge is 0.369 e. The highest BCUT2D eigenvalue weighted by Crippen LogP contribution is 2.57. The molecule has 1 aliphatic carbocycles. The Kier molecular flexibility index (Phi) is 1.44. The van der Waals surface area contributed by atoms with Crippen LogP contribution in [0.15, 0.2) is 0 Å². The summed E-state index contributed by atoms with van der Waals surface area (Å²) in [6.07, 6.45) is 0. The summed E-state index contributed by atoms with van der Waals surface area (Å²) in [5, 5.41) is 0. The van der Waals surface area contributed by atoms with Crippen LogP contribution in [0.2, 0.25) is 0 Å². The number of rotatable bonds is 2. The normalized spacial score (nSPS) is 32.9. The lowest BCUT2D eigenvalue weighted by molar-refractivity contribution is -0.124. The SMILES string of the molecule is CC1(C)[C@H](C(N)=O)[C@H]1C(N)=O. The van der Waals surface area contributed by atoms with Crippen molar-refractivity contribution in [2.45, 2.75) is 13.8 Å². The van der Waals surface area contributed by atoms with Crippen LogP contribution in [-0.2, 0) is 9.59 Å². The molecule has 1 saturated carbocycles. The monoisotopic (exact) mass is 156 g/mol. The van der Waals surface area contributed by atoms with Crippen molar-refractivity contribution >= 4 is 11.8 Å². The minimum Gasteiger partial charge on any atom is -0.369 e. The minimum atomic E-state index is -0.432. The molecule has 0 aromatic carbocycles. The molecule has 0 unspecified atom stereocenters. The van der Waals surface area contributed by atoms with E-state index in [1.165, 1.54) is 0 Å². The van der Waals surface area contributed by atoms with Crippen molar-refractivity contribution < 1.29 is 9.59 Å². The third-order valence-electron chi connectivity index (χ3n) is 2.44. The van der Waals surface area contributed by atoms with Gasteiger partial charge in [-0.1, -0.05) is 13.8 Å². The lowest BCUT2D eigenvalue weighted by Crippen LogP contribution is -2.20. The topological polar surface area (TPSA) is 86.2 Å². The standard InChI is InChI=1S/C7H12N2O2/c1-7(2)3(5(8)10)4(7)6(9)11/h3-4H,1-2H3,(H2,8,10)(H2,9,11)/t3-,4-/m0/s1. The van der Waals surface area contributed by atoms with Gasteiger partial charge >= 0.3 is 0 Å². The van der Waals surface area contributed by atoms with Gasteiger partial charge in [0, 0.05) is 0 Å². The maximum Gasteiger partial charge on any atom is 0.221 e. The number of carbonyl (C=O) groups excluding carboxylic acids is 2. The van der Waals surface area contributed by atoms with Gasteiger partial charge in [0.15, 0.2) is 0 Å². The van der Waals surface area contributed by atoms with Crippen LogP contribution in [0, 0.1) is 17.3 Å². The van der Waals surface area contributed by atoms with Crippen LogP contribution in [-0.4, -0.2) is 11.8 Å². The molecule has 1 rings (SSSR count). The van der Waals surface area contributed by atoms with Gasteiger partial charge in [-0.3, -0.25) is 9.59 Å². The molecule has 0 saturated heterocycles. The fraction of sp³-hybridized carbons (Fsp3) is 0.714. The van der Waals surface area contributed by atoms with Crippen LogP contribution in [0.4, 0.5) is 0 Å². The molecule has 0 bridgehead atoms. The van der Waals surface area contributed by atoms with Crippen LogP contribution in [0.25, 0.3) is 0 Å². The minimum absolute atomic E-state index is 0.322. The molecular formula is C7H12N2O2. The predicted octanol–water partition coefficient (Wildman–Crippen LogP) is -0.771. The average molecular weight is 156 g/mol. The van der Waals surface area contributed by atoms with E-state index in [1.807, 2.05) is 13.8 Å². The highest BCUT2D eigenvalue weighted by atomic mass is 16.2. The van der Waals surface area contributed by atoms with E-state index in [-0.39, 0.29) is 17.3 Å². The first kappa shape index (κ1) is 8.04. The molecule has 1 fully saturated rings. The number of nitrogens with two attached hydrogens (primary N) is 2. The molecule has 1 aliphatic rings. The van der Waals surface area contributed by atoms with Gasteiger partial charge in [-0.05, 0) is 5.41 Å². The second kappa shape index (κ2) is 1.96. The molecule has 0 heterocycles. The number of primary amides is 2. The second-order valence-electron chi connectivity index (χ2n) is 3.58. The van der Waals surface area contributed by atoms with E-state index in [9.17, 15) is 9.59 Å². The van der Waals surface area contributed by atoms with Crippen molar-refractivity contribution in [3.63, 3.8) is 0 Å². The summed E-state index contributed by atoms with van der Waals surface area (Å²) >= 11 is 0. The number of hydrogen-bond donors (Lipinski definition) is 2. The van der Waals surface area contributed by atoms with E-state index in [0.29, 0.717) is 0 Å². The molecule has 2 atom stereocenters. The van der Waals surface area contributed by atoms with E-state index in [4.69, 9.17) is 11.5 Å². The molecule has 4 heteroatoms. The maximum absolute atomic E-state index is 10.7. The third-order valence-corrected chi connectivity index (χ3v) is 2.44. The van der Waals surface area contributed by atoms with E-state index in [0.717, 1.165) is 0 Å². The zero-order chi connectivity index (χ0) is 8.81. The quantitative estimate of drug-likeness (QED) is 0.550. The zero-order valence-electron chi connectivity index (χ0n) is 6.63. The molecule has 0 spiro atoms. The van der Waals surface area contributed by atoms with Crippen molar-refractivity contribution in [2.75, 3.05) is 0 Å². The van der Waals surface area contributed by atoms with Gasteiger partial charge < -0.3 is 11.5 Å². The van der Waals surface area contributed by atoms with Crippen LogP contribution in [0.1, 0.15) is 13.8 Å². The zero-order valence-corrected chi connectivity index (χ0v) is 6.63. The lowest BCUT2D eigenvalue weighted by Gasteiger charge is -1.96. The number of amides is 2. The van der Waals surface area contributed by atoms with Gasteiger partial charge in [-0.15, -0.1) is 0 Å². The first-order valence-electron chi connectivity index (χ1n) is 3.47. The Morgan fingerprint density at radius 3 is 1.45 bits per heavy atom. The molecular weight excluding hydrogens is 144 g/mol. The van der Waals surface area contributed by atoms with E-state index in [2.05, 4.69) is 0 Å². The lowest BCUT2D eigenvalue weighted by atomic mass is 10.1. The highest BCUT2D eigenvalue weighted by Gasteiger charge is 2.64. The predicted molar refractivity (Wildman–Crippen MR) is 39.1 cm³/mol. The van der Waals surface area contributed by atoms with Gasteiger partial charge in [-0.2, -0.15) is 0 Å². The first-order valence-corrected chi connectivity index (χ1v) is 3.47. The molecule has 0 aliphatic heterocycles. The third kappa shape index (κ3) is 0.982. The fourth-order valence-electron chi connectivity index (χ4n) is 1.70. The second-order valence-corrected chi connectivity index (χ2v) is 3.58. The van der Waals surface area contributed by atoms with Gasteiger partial charge in [0.05, 0.1) is 11.8 Å². The average Bonchev–Trinajstić information content (AvgIpc) is 2.33. The molecule has 0 radical (unpaired) electrons. The van der Waals surface area contributed by atoms with Crippen LogP contribution in [0.5, 0.6) is 0 Å². The van der Waals surface area contributed by atoms with Crippen LogP contribution >= 0.6 is 0 Å². The van der Waals surface area contributed by atoms with E-state index >= 15 is 0 Å². The van der Waals surface area contributed by atoms with Crippen molar-refractivity contribution in [3.05, 3.63) is 0 Å². The van der Waals surface area contributed by atoms with Crippen LogP contribution in [0.3, 0.4) is 0 Å². The summed E-state index contributed by atoms with van der Waals surface area (Å²) in [5.74, 6) is -1.59. The summed E-state index contributed by atoms with van der Waals surface area (Å²) in [6.45, 7) is 3.63. The molecule has 11 heavy (non-hydrogen) atoms. The molecule has 2 amide bonds. The number of carbonyl (C=O) groups is 2. The summed E-state index contributed by atoms with van der Waals surface area (Å²) in [7, 11) is 0. The number of hydrogen-bond acceptors (Lipinski definition) is 2. The Morgan fingerprint density at radius 1 is 1.09 bits per heavy atom. The Balaban J connectivity index is 2.76. The summed E-state index contributed by atoms with van der Waals surface area (Å²) in [5.41, 5.74) is 9.79. The Hall–Kier alpha value is -1.06. The molecule has 62 valence electrons. The van der Waals surface area contributed by atoms with Crippen molar-refractivity contribution in [1.29, 1.82) is 0 Å². The van der Waals surface area contributed by atoms with Gasteiger partial charge in [0.1, 0.15) is 0 Å². The van der Waals surface area contributed by atoms with Crippen LogP contribution < -0.4 is 11.5 Å². The molecule has 4 nitrogen and oxygen atoms in total. The highest BCUT2D eigenvalue weighted by molar-refractivity contribution is 5.92. The Bertz CT molecular complexity index is 200. The smallest absolute Gasteiger partial charge is 0.221 e. The van der Waals surface area contributed by atoms with E-state index < -0.39 is 11.8 Å². The van der Waals surface area contributed by atoms with Crippen molar-refractivity contribution in [1.82, 2.24) is 0 Å². The molecule has 4 N–H and O–H groups in total. The Labute approximate surface area is 64.9 Å². The summed E-state index contributed by atoms with van der Waals surface area (Å²) in [4.78, 5) is 21.4. The molecule has 0 aromatic heterocycles. The summed E-state index contributed by atoms with van der Waals surface area (Å²) < 4.78 is 0. The first-order chi connectivity index (χ1) is 4.89. The van der Waals surface area contributed by atoms with Gasteiger partial charge in [0.25, 0.3) is 0 Å². The fourth-order valence-corrected chi connectivity index (χ4v) is 1.70.